The third kappa shape index (κ3) is 6.35. The van der Waals surface area contributed by atoms with Gasteiger partial charge in [0.05, 0.1) is 6.10 Å². The molecule has 0 amide bonds. The molecular weight excluding hydrogens is 603 g/mol. The predicted molar refractivity (Wildman–Crippen MR) is 142 cm³/mol. The van der Waals surface area contributed by atoms with Gasteiger partial charge in [0.15, 0.2) is 17.4 Å². The maximum absolute atomic E-state index is 15.0. The maximum atomic E-state index is 15.0. The van der Waals surface area contributed by atoms with Crippen molar-refractivity contribution in [3.05, 3.63) is 107 Å². The van der Waals surface area contributed by atoms with Crippen LogP contribution in [0.25, 0.3) is 22.3 Å². The minimum atomic E-state index is -4.67. The number of benzene rings is 4. The van der Waals surface area contributed by atoms with Gasteiger partial charge in [-0.3, -0.25) is 0 Å². The maximum Gasteiger partial charge on any atom is 0.432 e. The second-order valence-corrected chi connectivity index (χ2v) is 10.3. The Bertz CT molecular complexity index is 1640. The van der Waals surface area contributed by atoms with Crippen LogP contribution < -0.4 is 9.47 Å². The molecule has 1 N–H and O–H groups in total. The normalized spacial score (nSPS) is 17.0. The molecular formula is C32H23F9O3. The molecule has 12 heteroatoms. The van der Waals surface area contributed by atoms with E-state index in [2.05, 4.69) is 9.47 Å². The Morgan fingerprint density at radius 3 is 1.70 bits per heavy atom. The van der Waals surface area contributed by atoms with Gasteiger partial charge in [-0.25, -0.2) is 30.7 Å². The summed E-state index contributed by atoms with van der Waals surface area (Å²) in [4.78, 5) is 0. The first-order valence-corrected chi connectivity index (χ1v) is 13.4. The predicted octanol–water partition coefficient (Wildman–Crippen LogP) is 9.31. The zero-order chi connectivity index (χ0) is 31.8. The first-order chi connectivity index (χ1) is 20.9. The molecule has 0 spiro atoms. The number of ether oxygens (including phenoxy) is 2. The van der Waals surface area contributed by atoms with E-state index in [0.717, 1.165) is 12.1 Å². The highest BCUT2D eigenvalue weighted by Crippen LogP contribution is 2.40. The standard InChI is InChI=1S/C32H23F9O3/c33-15-43-31-28(38)12-19(13-29(31)39)23-8-6-21(14-25(23)35)44-32(40,41)30-26(36)10-18(11-27(30)37)22-7-3-17(9-24(22)34)16-1-4-20(42)5-2-16/h3,6-14,16,20,42H,1-2,4-5,15H2. The van der Waals surface area contributed by atoms with Gasteiger partial charge >= 0.3 is 6.11 Å². The van der Waals surface area contributed by atoms with Crippen molar-refractivity contribution in [3.8, 4) is 33.8 Å². The highest BCUT2D eigenvalue weighted by molar-refractivity contribution is 5.67. The third-order valence-corrected chi connectivity index (χ3v) is 7.50. The summed E-state index contributed by atoms with van der Waals surface area (Å²) in [5.74, 6) is -10.2. The van der Waals surface area contributed by atoms with Gasteiger partial charge in [0.2, 0.25) is 6.86 Å². The molecule has 4 aromatic carbocycles. The zero-order valence-corrected chi connectivity index (χ0v) is 22.6. The molecule has 0 unspecified atom stereocenters. The van der Waals surface area contributed by atoms with Crippen LogP contribution in [0.2, 0.25) is 0 Å². The summed E-state index contributed by atoms with van der Waals surface area (Å²) in [5, 5.41) is 9.68. The topological polar surface area (TPSA) is 38.7 Å². The Balaban J connectivity index is 1.37. The first kappa shape index (κ1) is 31.2. The fourth-order valence-electron chi connectivity index (χ4n) is 5.34. The highest BCUT2D eigenvalue weighted by atomic mass is 19.3. The Kier molecular flexibility index (Phi) is 8.83. The Hall–Kier alpha value is -4.19. The number of hydrogen-bond acceptors (Lipinski definition) is 3. The molecule has 44 heavy (non-hydrogen) atoms. The second kappa shape index (κ2) is 12.4. The smallest absolute Gasteiger partial charge is 0.432 e. The molecule has 1 saturated carbocycles. The minimum Gasteiger partial charge on any atom is -0.457 e. The SMILES string of the molecule is OC1CCC(c2ccc(-c3cc(F)c(C(F)(F)Oc4ccc(-c5cc(F)c(OCF)c(F)c5)c(F)c4)c(F)c3)c(F)c2)CC1. The second-order valence-electron chi connectivity index (χ2n) is 10.3. The number of halogens is 9. The molecule has 0 aliphatic heterocycles. The van der Waals surface area contributed by atoms with E-state index in [9.17, 15) is 44.6 Å². The molecule has 4 aromatic rings. The summed E-state index contributed by atoms with van der Waals surface area (Å²) in [6.07, 6.45) is -2.68. The van der Waals surface area contributed by atoms with E-state index >= 15 is 0 Å². The number of hydrogen-bond donors (Lipinski definition) is 1. The van der Waals surface area contributed by atoms with Crippen LogP contribution in [-0.4, -0.2) is 18.1 Å². The lowest BCUT2D eigenvalue weighted by Crippen LogP contribution is -2.25. The van der Waals surface area contributed by atoms with E-state index in [0.29, 0.717) is 61.6 Å². The van der Waals surface area contributed by atoms with Gasteiger partial charge in [0, 0.05) is 17.2 Å². The molecule has 3 nitrogen and oxygen atoms in total. The molecule has 0 radical (unpaired) electrons. The molecule has 232 valence electrons. The fourth-order valence-corrected chi connectivity index (χ4v) is 5.34. The average molecular weight is 627 g/mol. The number of aliphatic hydroxyl groups excluding tert-OH is 1. The largest absolute Gasteiger partial charge is 0.457 e. The third-order valence-electron chi connectivity index (χ3n) is 7.50. The van der Waals surface area contributed by atoms with Gasteiger partial charge in [0.1, 0.15) is 34.6 Å². The van der Waals surface area contributed by atoms with Gasteiger partial charge in [0.25, 0.3) is 0 Å². The van der Waals surface area contributed by atoms with Crippen molar-refractivity contribution < 1.29 is 54.1 Å². The van der Waals surface area contributed by atoms with E-state index in [-0.39, 0.29) is 22.6 Å². The lowest BCUT2D eigenvalue weighted by molar-refractivity contribution is -0.189. The van der Waals surface area contributed by atoms with Crippen molar-refractivity contribution in [1.29, 1.82) is 0 Å². The molecule has 5 rings (SSSR count). The van der Waals surface area contributed by atoms with Crippen molar-refractivity contribution in [3.63, 3.8) is 0 Å². The monoisotopic (exact) mass is 626 g/mol. The van der Waals surface area contributed by atoms with Gasteiger partial charge in [-0.2, -0.15) is 8.78 Å². The van der Waals surface area contributed by atoms with Crippen LogP contribution in [0.1, 0.15) is 42.7 Å². The zero-order valence-electron chi connectivity index (χ0n) is 22.6. The van der Waals surface area contributed by atoms with Crippen molar-refractivity contribution >= 4 is 0 Å². The van der Waals surface area contributed by atoms with Crippen LogP contribution >= 0.6 is 0 Å². The molecule has 0 aromatic heterocycles. The van der Waals surface area contributed by atoms with Crippen LogP contribution in [0.5, 0.6) is 11.5 Å². The van der Waals surface area contributed by atoms with Crippen molar-refractivity contribution in [2.24, 2.45) is 0 Å². The van der Waals surface area contributed by atoms with Gasteiger partial charge in [-0.15, -0.1) is 0 Å². The molecule has 0 atom stereocenters. The summed E-state index contributed by atoms with van der Waals surface area (Å²) in [6, 6.07) is 8.42. The molecule has 0 heterocycles. The van der Waals surface area contributed by atoms with E-state index in [4.69, 9.17) is 0 Å². The average Bonchev–Trinajstić information content (AvgIpc) is 2.94. The summed E-state index contributed by atoms with van der Waals surface area (Å²) >= 11 is 0. The van der Waals surface area contributed by atoms with E-state index < -0.39 is 76.6 Å². The van der Waals surface area contributed by atoms with Crippen LogP contribution in [0.4, 0.5) is 39.5 Å². The molecule has 1 fully saturated rings. The van der Waals surface area contributed by atoms with Gasteiger partial charge in [-0.05, 0) is 90.8 Å². The molecule has 1 aliphatic rings. The van der Waals surface area contributed by atoms with Gasteiger partial charge < -0.3 is 14.6 Å². The van der Waals surface area contributed by atoms with Crippen LogP contribution in [0.15, 0.2) is 60.7 Å². The number of aliphatic hydroxyl groups is 1. The van der Waals surface area contributed by atoms with Crippen molar-refractivity contribution in [2.45, 2.75) is 43.8 Å². The summed E-state index contributed by atoms with van der Waals surface area (Å²) in [6.45, 7) is -1.52. The lowest BCUT2D eigenvalue weighted by Gasteiger charge is -2.26. The fraction of sp³-hybridized carbons (Fsp3) is 0.250. The van der Waals surface area contributed by atoms with Crippen LogP contribution in [-0.2, 0) is 6.11 Å². The summed E-state index contributed by atoms with van der Waals surface area (Å²) < 4.78 is 139. The Morgan fingerprint density at radius 2 is 1.18 bits per heavy atom. The van der Waals surface area contributed by atoms with E-state index in [1.165, 1.54) is 12.1 Å². The summed E-state index contributed by atoms with van der Waals surface area (Å²) in [7, 11) is 0. The van der Waals surface area contributed by atoms with Crippen LogP contribution in [0.3, 0.4) is 0 Å². The molecule has 0 bridgehead atoms. The quantitative estimate of drug-likeness (QED) is 0.198. The molecule has 1 aliphatic carbocycles. The Labute approximate surface area is 245 Å². The number of alkyl halides is 3. The molecule has 0 saturated heterocycles. The minimum absolute atomic E-state index is 0.00238. The van der Waals surface area contributed by atoms with Crippen LogP contribution in [0, 0.1) is 34.9 Å². The highest BCUT2D eigenvalue weighted by Gasteiger charge is 2.41. The van der Waals surface area contributed by atoms with E-state index in [1.54, 1.807) is 6.07 Å². The Morgan fingerprint density at radius 1 is 0.659 bits per heavy atom. The lowest BCUT2D eigenvalue weighted by atomic mass is 9.82. The number of rotatable bonds is 8. The van der Waals surface area contributed by atoms with Crippen molar-refractivity contribution in [1.82, 2.24) is 0 Å². The van der Waals surface area contributed by atoms with Gasteiger partial charge in [-0.1, -0.05) is 12.1 Å². The van der Waals surface area contributed by atoms with Crippen molar-refractivity contribution in [2.75, 3.05) is 6.86 Å². The first-order valence-electron chi connectivity index (χ1n) is 13.4. The summed E-state index contributed by atoms with van der Waals surface area (Å²) in [5.41, 5.74) is -2.58. The van der Waals surface area contributed by atoms with E-state index in [1.807, 2.05) is 0 Å².